The van der Waals surface area contributed by atoms with Crippen molar-refractivity contribution >= 4 is 17.7 Å². The van der Waals surface area contributed by atoms with Crippen LogP contribution in [0.3, 0.4) is 0 Å². The van der Waals surface area contributed by atoms with Crippen molar-refractivity contribution < 1.29 is 33.0 Å². The van der Waals surface area contributed by atoms with E-state index in [1.807, 2.05) is 13.8 Å². The SMILES string of the molecule is C=C(C)C1Cc2oc(cc2C(=O)OC)C(=O)CC2C=C(C(=O)O2)C(OCC)C1. The molecule has 28 heavy (non-hydrogen) atoms. The minimum atomic E-state index is -0.684. The molecular weight excluding hydrogens is 364 g/mol. The van der Waals surface area contributed by atoms with Crippen LogP contribution in [0.4, 0.5) is 0 Å². The van der Waals surface area contributed by atoms with Gasteiger partial charge in [-0.15, -0.1) is 0 Å². The normalized spacial score (nSPS) is 24.7. The van der Waals surface area contributed by atoms with Gasteiger partial charge in [-0.25, -0.2) is 9.59 Å². The number of ether oxygens (including phenoxy) is 3. The fourth-order valence-electron chi connectivity index (χ4n) is 3.56. The molecule has 2 aliphatic rings. The number of hydrogen-bond acceptors (Lipinski definition) is 7. The average Bonchev–Trinajstić information content (AvgIpc) is 3.22. The Balaban J connectivity index is 2.06. The van der Waals surface area contributed by atoms with Gasteiger partial charge in [-0.05, 0) is 32.3 Å². The third-order valence-electron chi connectivity index (χ3n) is 5.08. The average molecular weight is 388 g/mol. The summed E-state index contributed by atoms with van der Waals surface area (Å²) in [6, 6.07) is 1.40. The molecule has 150 valence electrons. The second kappa shape index (κ2) is 8.14. The molecular formula is C21H24O7. The Kier molecular flexibility index (Phi) is 5.84. The Morgan fingerprint density at radius 3 is 2.71 bits per heavy atom. The summed E-state index contributed by atoms with van der Waals surface area (Å²) < 4.78 is 21.7. The van der Waals surface area contributed by atoms with Gasteiger partial charge in [0, 0.05) is 19.1 Å². The molecule has 3 rings (SSSR count). The first kappa shape index (κ1) is 20.1. The third-order valence-corrected chi connectivity index (χ3v) is 5.08. The lowest BCUT2D eigenvalue weighted by atomic mass is 9.87. The van der Waals surface area contributed by atoms with Crippen LogP contribution in [0.15, 0.2) is 34.3 Å². The number of ketones is 1. The first-order chi connectivity index (χ1) is 13.3. The Labute approximate surface area is 163 Å². The maximum atomic E-state index is 12.6. The maximum absolute atomic E-state index is 12.6. The van der Waals surface area contributed by atoms with Crippen LogP contribution in [0.5, 0.6) is 0 Å². The van der Waals surface area contributed by atoms with Crippen LogP contribution < -0.4 is 0 Å². The van der Waals surface area contributed by atoms with Crippen molar-refractivity contribution in [3.05, 3.63) is 47.0 Å². The van der Waals surface area contributed by atoms with Gasteiger partial charge < -0.3 is 18.6 Å². The van der Waals surface area contributed by atoms with Crippen LogP contribution in [-0.2, 0) is 25.4 Å². The highest BCUT2D eigenvalue weighted by Crippen LogP contribution is 2.32. The van der Waals surface area contributed by atoms with Gasteiger partial charge in [0.25, 0.3) is 0 Å². The number of allylic oxidation sites excluding steroid dienone is 1. The predicted octanol–water partition coefficient (Wildman–Crippen LogP) is 3.03. The van der Waals surface area contributed by atoms with E-state index < -0.39 is 24.1 Å². The lowest BCUT2D eigenvalue weighted by Crippen LogP contribution is -2.25. The summed E-state index contributed by atoms with van der Waals surface area (Å²) in [7, 11) is 1.28. The molecule has 7 heteroatoms. The lowest BCUT2D eigenvalue weighted by Gasteiger charge is -2.23. The topological polar surface area (TPSA) is 92.0 Å². The van der Waals surface area contributed by atoms with E-state index in [-0.39, 0.29) is 29.4 Å². The number of methoxy groups -OCH3 is 1. The van der Waals surface area contributed by atoms with Crippen LogP contribution in [0, 0.1) is 5.92 Å². The Morgan fingerprint density at radius 2 is 2.07 bits per heavy atom. The molecule has 3 unspecified atom stereocenters. The molecule has 0 aromatic carbocycles. The molecule has 0 fully saturated rings. The van der Waals surface area contributed by atoms with E-state index in [4.69, 9.17) is 18.6 Å². The highest BCUT2D eigenvalue weighted by Gasteiger charge is 2.36. The largest absolute Gasteiger partial charge is 0.465 e. The second-order valence-electron chi connectivity index (χ2n) is 7.06. The van der Waals surface area contributed by atoms with Gasteiger partial charge in [-0.2, -0.15) is 0 Å². The number of hydrogen-bond donors (Lipinski definition) is 0. The van der Waals surface area contributed by atoms with Crippen molar-refractivity contribution in [1.82, 2.24) is 0 Å². The molecule has 3 atom stereocenters. The van der Waals surface area contributed by atoms with E-state index in [1.165, 1.54) is 13.2 Å². The summed E-state index contributed by atoms with van der Waals surface area (Å²) in [5.41, 5.74) is 1.50. The second-order valence-corrected chi connectivity index (χ2v) is 7.06. The summed E-state index contributed by atoms with van der Waals surface area (Å²) in [6.45, 7) is 8.18. The fourth-order valence-corrected chi connectivity index (χ4v) is 3.56. The zero-order chi connectivity index (χ0) is 20.4. The molecule has 7 nitrogen and oxygen atoms in total. The first-order valence-electron chi connectivity index (χ1n) is 9.27. The molecule has 0 amide bonds. The Bertz CT molecular complexity index is 845. The minimum Gasteiger partial charge on any atom is -0.465 e. The summed E-state index contributed by atoms with van der Waals surface area (Å²) in [5.74, 6) is -1.11. The van der Waals surface area contributed by atoms with E-state index >= 15 is 0 Å². The van der Waals surface area contributed by atoms with E-state index in [1.54, 1.807) is 6.08 Å². The molecule has 0 aliphatic carbocycles. The van der Waals surface area contributed by atoms with Gasteiger partial charge in [-0.1, -0.05) is 12.2 Å². The van der Waals surface area contributed by atoms with Crippen molar-refractivity contribution in [2.45, 2.75) is 45.3 Å². The van der Waals surface area contributed by atoms with Crippen molar-refractivity contribution in [3.8, 4) is 0 Å². The third kappa shape index (κ3) is 3.94. The fraction of sp³-hybridized carbons (Fsp3) is 0.476. The molecule has 1 aromatic rings. The van der Waals surface area contributed by atoms with Gasteiger partial charge in [0.1, 0.15) is 17.4 Å². The summed E-state index contributed by atoms with van der Waals surface area (Å²) in [5, 5.41) is 0. The molecule has 3 heterocycles. The van der Waals surface area contributed by atoms with E-state index in [0.29, 0.717) is 30.8 Å². The minimum absolute atomic E-state index is 0.0516. The molecule has 2 aliphatic heterocycles. The molecule has 0 radical (unpaired) electrons. The molecule has 1 aromatic heterocycles. The number of Topliss-reactive ketones (excluding diaryl/α,β-unsaturated/α-hetero) is 1. The smallest absolute Gasteiger partial charge is 0.341 e. The standard InChI is InChI=1S/C21H24O7/c1-5-26-17-6-12(11(2)3)7-18-15(20(23)25-4)10-19(28-18)16(22)9-13-8-14(17)21(24)27-13/h8,10,12-13,17H,2,5-7,9H2,1,3-4H3. The Morgan fingerprint density at radius 1 is 1.32 bits per heavy atom. The zero-order valence-electron chi connectivity index (χ0n) is 16.3. The zero-order valence-corrected chi connectivity index (χ0v) is 16.3. The highest BCUT2D eigenvalue weighted by molar-refractivity contribution is 5.99. The number of esters is 2. The van der Waals surface area contributed by atoms with Gasteiger partial charge in [0.05, 0.1) is 25.2 Å². The van der Waals surface area contributed by atoms with Crippen molar-refractivity contribution in [2.75, 3.05) is 13.7 Å². The van der Waals surface area contributed by atoms with Crippen LogP contribution in [-0.4, -0.2) is 43.6 Å². The van der Waals surface area contributed by atoms with Crippen molar-refractivity contribution in [1.29, 1.82) is 0 Å². The monoisotopic (exact) mass is 388 g/mol. The van der Waals surface area contributed by atoms with Crippen LogP contribution >= 0.6 is 0 Å². The highest BCUT2D eigenvalue weighted by atomic mass is 16.6. The van der Waals surface area contributed by atoms with Crippen LogP contribution in [0.25, 0.3) is 0 Å². The van der Waals surface area contributed by atoms with Gasteiger partial charge in [0.15, 0.2) is 5.76 Å². The van der Waals surface area contributed by atoms with Gasteiger partial charge in [-0.3, -0.25) is 4.79 Å². The summed E-state index contributed by atoms with van der Waals surface area (Å²) >= 11 is 0. The van der Waals surface area contributed by atoms with E-state index in [0.717, 1.165) is 5.57 Å². The summed E-state index contributed by atoms with van der Waals surface area (Å²) in [6.07, 6.45) is 1.23. The van der Waals surface area contributed by atoms with Gasteiger partial charge in [0.2, 0.25) is 5.78 Å². The van der Waals surface area contributed by atoms with Crippen LogP contribution in [0.2, 0.25) is 0 Å². The van der Waals surface area contributed by atoms with E-state index in [9.17, 15) is 14.4 Å². The first-order valence-corrected chi connectivity index (χ1v) is 9.27. The van der Waals surface area contributed by atoms with Gasteiger partial charge >= 0.3 is 11.9 Å². The number of carbonyl (C=O) groups is 3. The molecule has 0 N–H and O–H groups in total. The maximum Gasteiger partial charge on any atom is 0.341 e. The predicted molar refractivity (Wildman–Crippen MR) is 99.0 cm³/mol. The molecule has 0 spiro atoms. The quantitative estimate of drug-likeness (QED) is 0.578. The molecule has 4 bridgehead atoms. The lowest BCUT2D eigenvalue weighted by molar-refractivity contribution is -0.140. The van der Waals surface area contributed by atoms with Crippen LogP contribution in [0.1, 0.15) is 53.4 Å². The summed E-state index contributed by atoms with van der Waals surface area (Å²) in [4.78, 5) is 37.1. The number of carbonyl (C=O) groups excluding carboxylic acids is 3. The van der Waals surface area contributed by atoms with Crippen molar-refractivity contribution in [3.63, 3.8) is 0 Å². The molecule has 0 saturated carbocycles. The number of rotatable bonds is 4. The number of furan rings is 1. The van der Waals surface area contributed by atoms with Crippen molar-refractivity contribution in [2.24, 2.45) is 5.92 Å². The van der Waals surface area contributed by atoms with E-state index in [2.05, 4.69) is 6.58 Å². The number of fused-ring (bicyclic) bond motifs is 3. The Hall–Kier alpha value is -2.67. The molecule has 0 saturated heterocycles.